The van der Waals surface area contributed by atoms with Gasteiger partial charge in [-0.25, -0.2) is 4.79 Å². The zero-order chi connectivity index (χ0) is 16.5. The fourth-order valence-electron chi connectivity index (χ4n) is 2.12. The predicted molar refractivity (Wildman–Crippen MR) is 89.3 cm³/mol. The number of urea groups is 1. The van der Waals surface area contributed by atoms with Crippen molar-refractivity contribution in [3.8, 4) is 5.75 Å². The van der Waals surface area contributed by atoms with Crippen molar-refractivity contribution in [2.75, 3.05) is 13.7 Å². The number of rotatable bonds is 7. The average Bonchev–Trinajstić information content (AvgIpc) is 2.61. The van der Waals surface area contributed by atoms with Crippen LogP contribution in [0.2, 0.25) is 0 Å². The number of ether oxygens (including phenoxy) is 1. The van der Waals surface area contributed by atoms with E-state index in [0.29, 0.717) is 13.1 Å². The molecule has 0 saturated carbocycles. The molecule has 0 spiro atoms. The molecule has 5 nitrogen and oxygen atoms in total. The Morgan fingerprint density at radius 3 is 2.17 bits per heavy atom. The molecule has 0 saturated heterocycles. The number of amides is 2. The summed E-state index contributed by atoms with van der Waals surface area (Å²) in [6.07, 6.45) is 0.766. The first-order valence-electron chi connectivity index (χ1n) is 7.54. The molecule has 2 rings (SSSR count). The van der Waals surface area contributed by atoms with Crippen LogP contribution in [0, 0.1) is 0 Å². The summed E-state index contributed by atoms with van der Waals surface area (Å²) >= 11 is 0. The summed E-state index contributed by atoms with van der Waals surface area (Å²) in [7, 11) is 1.64. The molecule has 2 aromatic carbocycles. The molecule has 0 aliphatic rings. The third-order valence-electron chi connectivity index (χ3n) is 3.52. The highest BCUT2D eigenvalue weighted by Gasteiger charge is 2.01. The van der Waals surface area contributed by atoms with E-state index in [1.165, 1.54) is 0 Å². The van der Waals surface area contributed by atoms with Crippen LogP contribution in [-0.2, 0) is 19.6 Å². The standard InChI is InChI=1S/C18H22N2O3/c1-23-17-8-6-14(7-9-17)10-11-19-18(22)20-12-15-2-4-16(13-21)5-3-15/h2-9,21H,10-13H2,1H3,(H2,19,20,22). The second-order valence-corrected chi connectivity index (χ2v) is 5.18. The Labute approximate surface area is 136 Å². The molecule has 2 amide bonds. The Kier molecular flexibility index (Phi) is 6.44. The molecule has 0 atom stereocenters. The number of hydrogen-bond acceptors (Lipinski definition) is 3. The quantitative estimate of drug-likeness (QED) is 0.734. The lowest BCUT2D eigenvalue weighted by atomic mass is 10.1. The molecule has 0 fully saturated rings. The van der Waals surface area contributed by atoms with Gasteiger partial charge in [-0.15, -0.1) is 0 Å². The SMILES string of the molecule is COc1ccc(CCNC(=O)NCc2ccc(CO)cc2)cc1. The van der Waals surface area contributed by atoms with Gasteiger partial charge in [0.15, 0.2) is 0 Å². The Bertz CT molecular complexity index is 609. The van der Waals surface area contributed by atoms with Gasteiger partial charge in [0, 0.05) is 13.1 Å². The monoisotopic (exact) mass is 314 g/mol. The van der Waals surface area contributed by atoms with E-state index in [1.807, 2.05) is 48.5 Å². The maximum Gasteiger partial charge on any atom is 0.315 e. The van der Waals surface area contributed by atoms with Crippen LogP contribution in [0.5, 0.6) is 5.75 Å². The Hall–Kier alpha value is -2.53. The number of aliphatic hydroxyl groups is 1. The first kappa shape index (κ1) is 16.8. The van der Waals surface area contributed by atoms with E-state index in [9.17, 15) is 4.79 Å². The summed E-state index contributed by atoms with van der Waals surface area (Å²) in [6, 6.07) is 15.1. The second-order valence-electron chi connectivity index (χ2n) is 5.18. The van der Waals surface area contributed by atoms with Crippen molar-refractivity contribution in [3.05, 3.63) is 65.2 Å². The lowest BCUT2D eigenvalue weighted by molar-refractivity contribution is 0.240. The minimum absolute atomic E-state index is 0.0273. The summed E-state index contributed by atoms with van der Waals surface area (Å²) in [4.78, 5) is 11.7. The fraction of sp³-hybridized carbons (Fsp3) is 0.278. The maximum atomic E-state index is 11.7. The van der Waals surface area contributed by atoms with Gasteiger partial charge >= 0.3 is 6.03 Å². The molecule has 0 unspecified atom stereocenters. The van der Waals surface area contributed by atoms with Crippen molar-refractivity contribution < 1.29 is 14.6 Å². The van der Waals surface area contributed by atoms with Gasteiger partial charge in [-0.2, -0.15) is 0 Å². The van der Waals surface area contributed by atoms with E-state index in [0.717, 1.165) is 28.9 Å². The molecular formula is C18H22N2O3. The zero-order valence-corrected chi connectivity index (χ0v) is 13.2. The number of methoxy groups -OCH3 is 1. The molecule has 0 bridgehead atoms. The summed E-state index contributed by atoms with van der Waals surface area (Å²) in [5, 5.41) is 14.6. The summed E-state index contributed by atoms with van der Waals surface area (Å²) in [5.41, 5.74) is 3.00. The third kappa shape index (κ3) is 5.64. The van der Waals surface area contributed by atoms with Crippen molar-refractivity contribution >= 4 is 6.03 Å². The van der Waals surface area contributed by atoms with E-state index < -0.39 is 0 Å². The zero-order valence-electron chi connectivity index (χ0n) is 13.2. The van der Waals surface area contributed by atoms with Crippen molar-refractivity contribution in [2.45, 2.75) is 19.6 Å². The van der Waals surface area contributed by atoms with Crippen LogP contribution >= 0.6 is 0 Å². The Morgan fingerprint density at radius 1 is 0.957 bits per heavy atom. The van der Waals surface area contributed by atoms with Crippen LogP contribution in [0.1, 0.15) is 16.7 Å². The van der Waals surface area contributed by atoms with Gasteiger partial charge < -0.3 is 20.5 Å². The van der Waals surface area contributed by atoms with Crippen LogP contribution in [0.3, 0.4) is 0 Å². The summed E-state index contributed by atoms with van der Waals surface area (Å²) in [5.74, 6) is 0.826. The topological polar surface area (TPSA) is 70.6 Å². The molecule has 0 aromatic heterocycles. The Morgan fingerprint density at radius 2 is 1.57 bits per heavy atom. The summed E-state index contributed by atoms with van der Waals surface area (Å²) < 4.78 is 5.11. The number of aliphatic hydroxyl groups excluding tert-OH is 1. The lowest BCUT2D eigenvalue weighted by Gasteiger charge is -2.08. The highest BCUT2D eigenvalue weighted by atomic mass is 16.5. The molecule has 0 aliphatic heterocycles. The molecular weight excluding hydrogens is 292 g/mol. The van der Waals surface area contributed by atoms with Crippen LogP contribution in [0.15, 0.2) is 48.5 Å². The number of nitrogens with one attached hydrogen (secondary N) is 2. The number of carbonyl (C=O) groups excluding carboxylic acids is 1. The molecule has 0 radical (unpaired) electrons. The van der Waals surface area contributed by atoms with E-state index in [-0.39, 0.29) is 12.6 Å². The van der Waals surface area contributed by atoms with Crippen LogP contribution in [-0.4, -0.2) is 24.8 Å². The van der Waals surface area contributed by atoms with Crippen LogP contribution in [0.25, 0.3) is 0 Å². The van der Waals surface area contributed by atoms with Crippen molar-refractivity contribution in [3.63, 3.8) is 0 Å². The molecule has 3 N–H and O–H groups in total. The highest BCUT2D eigenvalue weighted by Crippen LogP contribution is 2.11. The molecule has 122 valence electrons. The largest absolute Gasteiger partial charge is 0.497 e. The van der Waals surface area contributed by atoms with Gasteiger partial charge in [0.2, 0.25) is 0 Å². The molecule has 0 aliphatic carbocycles. The lowest BCUT2D eigenvalue weighted by Crippen LogP contribution is -2.36. The van der Waals surface area contributed by atoms with Crippen LogP contribution in [0.4, 0.5) is 4.79 Å². The van der Waals surface area contributed by atoms with Gasteiger partial charge in [-0.05, 0) is 35.2 Å². The normalized spacial score (nSPS) is 10.2. The first-order chi connectivity index (χ1) is 11.2. The Balaban J connectivity index is 1.67. The van der Waals surface area contributed by atoms with Crippen molar-refractivity contribution in [2.24, 2.45) is 0 Å². The molecule has 5 heteroatoms. The highest BCUT2D eigenvalue weighted by molar-refractivity contribution is 5.73. The second kappa shape index (κ2) is 8.80. The van der Waals surface area contributed by atoms with Gasteiger partial charge in [-0.1, -0.05) is 36.4 Å². The molecule has 2 aromatic rings. The van der Waals surface area contributed by atoms with E-state index in [4.69, 9.17) is 9.84 Å². The van der Waals surface area contributed by atoms with Crippen LogP contribution < -0.4 is 15.4 Å². The number of hydrogen-bond donors (Lipinski definition) is 3. The molecule has 0 heterocycles. The first-order valence-corrected chi connectivity index (χ1v) is 7.54. The van der Waals surface area contributed by atoms with E-state index in [2.05, 4.69) is 10.6 Å². The van der Waals surface area contributed by atoms with Gasteiger partial charge in [0.25, 0.3) is 0 Å². The van der Waals surface area contributed by atoms with Gasteiger partial charge in [-0.3, -0.25) is 0 Å². The van der Waals surface area contributed by atoms with Crippen molar-refractivity contribution in [1.82, 2.24) is 10.6 Å². The molecule has 23 heavy (non-hydrogen) atoms. The predicted octanol–water partition coefficient (Wildman–Crippen LogP) is 2.23. The summed E-state index contributed by atoms with van der Waals surface area (Å²) in [6.45, 7) is 1.06. The fourth-order valence-corrected chi connectivity index (χ4v) is 2.12. The number of benzene rings is 2. The van der Waals surface area contributed by atoms with Gasteiger partial charge in [0.1, 0.15) is 5.75 Å². The smallest absolute Gasteiger partial charge is 0.315 e. The minimum atomic E-state index is -0.190. The van der Waals surface area contributed by atoms with Crippen molar-refractivity contribution in [1.29, 1.82) is 0 Å². The number of carbonyl (C=O) groups is 1. The van der Waals surface area contributed by atoms with E-state index >= 15 is 0 Å². The minimum Gasteiger partial charge on any atom is -0.497 e. The maximum absolute atomic E-state index is 11.7. The van der Waals surface area contributed by atoms with E-state index in [1.54, 1.807) is 7.11 Å². The average molecular weight is 314 g/mol. The van der Waals surface area contributed by atoms with Gasteiger partial charge in [0.05, 0.1) is 13.7 Å². The third-order valence-corrected chi connectivity index (χ3v) is 3.52.